The zero-order chi connectivity index (χ0) is 28.9. The Labute approximate surface area is 243 Å². The number of aliphatic hydroxyl groups excluding tert-OH is 2. The maximum absolute atomic E-state index is 15.2. The zero-order valence-corrected chi connectivity index (χ0v) is 23.6. The molecule has 41 heavy (non-hydrogen) atoms. The third kappa shape index (κ3) is 6.36. The molecule has 0 saturated heterocycles. The van der Waals surface area contributed by atoms with Gasteiger partial charge in [0.05, 0.1) is 24.0 Å². The van der Waals surface area contributed by atoms with Crippen LogP contribution in [0.1, 0.15) is 29.3 Å². The molecule has 5 rings (SSSR count). The van der Waals surface area contributed by atoms with Crippen molar-refractivity contribution in [2.45, 2.75) is 24.5 Å². The maximum Gasteiger partial charge on any atom is 0.199 e. The number of hydrogen-bond donors (Lipinski definition) is 5. The molecule has 3 aromatic heterocycles. The predicted octanol–water partition coefficient (Wildman–Crippen LogP) is 5.71. The first-order valence-corrected chi connectivity index (χ1v) is 14.7. The minimum absolute atomic E-state index is 0.0618. The second-order valence-electron chi connectivity index (χ2n) is 9.24. The van der Waals surface area contributed by atoms with E-state index in [4.69, 9.17) is 5.11 Å². The quantitative estimate of drug-likeness (QED) is 0.0701. The molecule has 8 nitrogen and oxygen atoms in total. The van der Waals surface area contributed by atoms with Crippen molar-refractivity contribution in [3.8, 4) is 11.1 Å². The number of pyridine rings is 2. The summed E-state index contributed by atoms with van der Waals surface area (Å²) in [6.45, 7) is 1.89. The zero-order valence-electron chi connectivity index (χ0n) is 21.9. The van der Waals surface area contributed by atoms with Gasteiger partial charge >= 0.3 is 0 Å². The first kappa shape index (κ1) is 29.0. The minimum Gasteiger partial charge on any atom is -0.394 e. The van der Waals surface area contributed by atoms with Crippen LogP contribution in [0.25, 0.3) is 33.1 Å². The van der Waals surface area contributed by atoms with E-state index in [1.807, 2.05) is 25.1 Å². The third-order valence-corrected chi connectivity index (χ3v) is 8.03. The number of ketones is 1. The Morgan fingerprint density at radius 1 is 1.05 bits per heavy atom. The second kappa shape index (κ2) is 13.0. The Morgan fingerprint density at radius 3 is 2.63 bits per heavy atom. The van der Waals surface area contributed by atoms with E-state index in [0.29, 0.717) is 16.1 Å². The summed E-state index contributed by atoms with van der Waals surface area (Å²) >= 11 is 2.53. The summed E-state index contributed by atoms with van der Waals surface area (Å²) in [5, 5.41) is 20.5. The Balaban J connectivity index is 1.43. The monoisotopic (exact) mass is 595 g/mol. The van der Waals surface area contributed by atoms with Crippen LogP contribution in [0.4, 0.5) is 14.5 Å². The average Bonchev–Trinajstić information content (AvgIpc) is 3.36. The summed E-state index contributed by atoms with van der Waals surface area (Å²) in [5.74, 6) is -1.85. The lowest BCUT2D eigenvalue weighted by molar-refractivity contribution is 0.0994. The fourth-order valence-corrected chi connectivity index (χ4v) is 5.46. The summed E-state index contributed by atoms with van der Waals surface area (Å²) in [4.78, 5) is 25.5. The summed E-state index contributed by atoms with van der Waals surface area (Å²) in [6, 6.07) is 12.9. The molecule has 5 N–H and O–H groups in total. The van der Waals surface area contributed by atoms with E-state index in [0.717, 1.165) is 40.3 Å². The van der Waals surface area contributed by atoms with E-state index in [-0.39, 0.29) is 24.4 Å². The van der Waals surface area contributed by atoms with Crippen LogP contribution in [0, 0.1) is 11.6 Å². The highest BCUT2D eigenvalue weighted by atomic mass is 32.2. The number of carbonyl (C=O) groups excluding carboxylic acids is 1. The largest absolute Gasteiger partial charge is 0.394 e. The van der Waals surface area contributed by atoms with Crippen molar-refractivity contribution < 1.29 is 23.8 Å². The van der Waals surface area contributed by atoms with E-state index in [2.05, 4.69) is 24.4 Å². The fraction of sp³-hybridized carbons (Fsp3) is 0.207. The number of anilines is 1. The molecule has 0 saturated carbocycles. The lowest BCUT2D eigenvalue weighted by Crippen LogP contribution is -2.25. The molecule has 0 aliphatic heterocycles. The number of aromatic nitrogens is 3. The second-order valence-corrected chi connectivity index (χ2v) is 11.1. The first-order valence-electron chi connectivity index (χ1n) is 12.9. The average molecular weight is 596 g/mol. The van der Waals surface area contributed by atoms with Gasteiger partial charge in [-0.3, -0.25) is 9.52 Å². The minimum atomic E-state index is -0.921. The van der Waals surface area contributed by atoms with Gasteiger partial charge < -0.3 is 19.9 Å². The van der Waals surface area contributed by atoms with Crippen LogP contribution in [0.3, 0.4) is 0 Å². The number of fused-ring (bicyclic) bond motifs is 3. The Morgan fingerprint density at radius 2 is 1.88 bits per heavy atom. The molecule has 5 aromatic rings. The van der Waals surface area contributed by atoms with Crippen molar-refractivity contribution >= 4 is 57.3 Å². The Hall–Kier alpha value is -3.55. The Kier molecular flexibility index (Phi) is 9.15. The van der Waals surface area contributed by atoms with Crippen molar-refractivity contribution in [3.63, 3.8) is 0 Å². The lowest BCUT2D eigenvalue weighted by Gasteiger charge is -2.10. The van der Waals surface area contributed by atoms with Crippen molar-refractivity contribution in [2.75, 3.05) is 23.6 Å². The summed E-state index contributed by atoms with van der Waals surface area (Å²) in [6.07, 6.45) is 3.44. The van der Waals surface area contributed by atoms with E-state index in [9.17, 15) is 14.3 Å². The van der Waals surface area contributed by atoms with Crippen LogP contribution in [0.5, 0.6) is 0 Å². The number of benzene rings is 2. The van der Waals surface area contributed by atoms with E-state index in [1.165, 1.54) is 30.0 Å². The number of rotatable bonds is 12. The van der Waals surface area contributed by atoms with Gasteiger partial charge in [-0.15, -0.1) is 0 Å². The number of nitrogens with one attached hydrogen (secondary N) is 3. The number of aliphatic hydroxyl groups is 2. The summed E-state index contributed by atoms with van der Waals surface area (Å²) in [7, 11) is 0. The van der Waals surface area contributed by atoms with E-state index >= 15 is 4.39 Å². The molecule has 0 bridgehead atoms. The molecule has 0 aliphatic rings. The molecule has 1 unspecified atom stereocenters. The van der Waals surface area contributed by atoms with Crippen LogP contribution in [-0.2, 0) is 0 Å². The van der Waals surface area contributed by atoms with Crippen molar-refractivity contribution in [2.24, 2.45) is 0 Å². The molecule has 0 fully saturated rings. The van der Waals surface area contributed by atoms with Crippen molar-refractivity contribution in [3.05, 3.63) is 83.7 Å². The van der Waals surface area contributed by atoms with Crippen LogP contribution in [0.2, 0.25) is 0 Å². The molecule has 1 atom stereocenters. The van der Waals surface area contributed by atoms with Gasteiger partial charge in [0, 0.05) is 57.7 Å². The van der Waals surface area contributed by atoms with Crippen LogP contribution < -0.4 is 9.44 Å². The lowest BCUT2D eigenvalue weighted by atomic mass is 9.99. The molecule has 0 amide bonds. The van der Waals surface area contributed by atoms with Gasteiger partial charge in [-0.25, -0.2) is 18.7 Å². The molecular formula is C29H27F2N5O3S2. The summed E-state index contributed by atoms with van der Waals surface area (Å²) in [5.41, 5.74) is 2.56. The maximum atomic E-state index is 15.2. The molecule has 12 heteroatoms. The highest BCUT2D eigenvalue weighted by Crippen LogP contribution is 2.31. The van der Waals surface area contributed by atoms with Gasteiger partial charge in [-0.1, -0.05) is 24.9 Å². The van der Waals surface area contributed by atoms with Gasteiger partial charge in [-0.05, 0) is 60.8 Å². The standard InChI is InChI=1S/C29H27F2N5O3S2/c1-2-9-40-36-24-7-5-22(30)26(27(24)31)28(39)16-3-6-23-20(10-16)21-11-18(13-33-29(21)35-23)17-4-8-25(32-12-17)41-34-14-19(38)15-37/h3-8,10-13,19,34,36-38H,2,9,14-15H2,1H3,(H,33,35). The number of H-pyrrole nitrogens is 1. The molecular weight excluding hydrogens is 568 g/mol. The third-order valence-electron chi connectivity index (χ3n) is 6.30. The first-order chi connectivity index (χ1) is 19.9. The highest BCUT2D eigenvalue weighted by Gasteiger charge is 2.23. The Bertz CT molecular complexity index is 1700. The van der Waals surface area contributed by atoms with Gasteiger partial charge in [0.25, 0.3) is 0 Å². The van der Waals surface area contributed by atoms with Gasteiger partial charge in [0.15, 0.2) is 11.6 Å². The number of hydrogen-bond acceptors (Lipinski definition) is 9. The van der Waals surface area contributed by atoms with Gasteiger partial charge in [0.2, 0.25) is 0 Å². The van der Waals surface area contributed by atoms with E-state index in [1.54, 1.807) is 30.6 Å². The normalized spacial score (nSPS) is 12.2. The molecule has 2 aromatic carbocycles. The summed E-state index contributed by atoms with van der Waals surface area (Å²) < 4.78 is 35.7. The molecule has 0 spiro atoms. The van der Waals surface area contributed by atoms with Crippen LogP contribution in [0.15, 0.2) is 66.0 Å². The predicted molar refractivity (Wildman–Crippen MR) is 160 cm³/mol. The van der Waals surface area contributed by atoms with Gasteiger partial charge in [-0.2, -0.15) is 0 Å². The number of halogens is 2. The smallest absolute Gasteiger partial charge is 0.199 e. The van der Waals surface area contributed by atoms with Crippen LogP contribution >= 0.6 is 23.9 Å². The highest BCUT2D eigenvalue weighted by molar-refractivity contribution is 8.00. The molecule has 3 heterocycles. The number of aromatic amines is 1. The number of carbonyl (C=O) groups is 1. The number of nitrogens with zero attached hydrogens (tertiary/aromatic N) is 2. The molecule has 0 aliphatic carbocycles. The SMILES string of the molecule is CCCSNc1ccc(F)c(C(=O)c2ccc3[nH]c4ncc(-c5ccc(SNCC(O)CO)nc5)cc4c3c2)c1F. The topological polar surface area (TPSA) is 123 Å². The fourth-order valence-electron chi connectivity index (χ4n) is 4.17. The van der Waals surface area contributed by atoms with Crippen molar-refractivity contribution in [1.82, 2.24) is 19.7 Å². The molecule has 212 valence electrons. The van der Waals surface area contributed by atoms with E-state index < -0.39 is 29.1 Å². The molecule has 0 radical (unpaired) electrons. The van der Waals surface area contributed by atoms with Crippen molar-refractivity contribution in [1.29, 1.82) is 0 Å². The van der Waals surface area contributed by atoms with Gasteiger partial charge in [0.1, 0.15) is 16.5 Å². The van der Waals surface area contributed by atoms with Crippen LogP contribution in [-0.4, -0.2) is 56.0 Å².